The predicted octanol–water partition coefficient (Wildman–Crippen LogP) is 4.26. The van der Waals surface area contributed by atoms with Gasteiger partial charge in [-0.05, 0) is 18.2 Å². The van der Waals surface area contributed by atoms with Crippen LogP contribution in [0.5, 0.6) is 5.75 Å². The number of methoxy groups -OCH3 is 1. The number of aromatic nitrogens is 1. The van der Waals surface area contributed by atoms with E-state index in [4.69, 9.17) is 4.74 Å². The van der Waals surface area contributed by atoms with Crippen molar-refractivity contribution in [1.82, 2.24) is 9.88 Å². The second-order valence-electron chi connectivity index (χ2n) is 6.67. The van der Waals surface area contributed by atoms with Gasteiger partial charge in [-0.2, -0.15) is 0 Å². The second-order valence-corrected chi connectivity index (χ2v) is 6.67. The Morgan fingerprint density at radius 2 is 1.93 bits per heavy atom. The van der Waals surface area contributed by atoms with Gasteiger partial charge in [0.15, 0.2) is 0 Å². The number of ether oxygens (including phenoxy) is 1. The van der Waals surface area contributed by atoms with E-state index >= 15 is 0 Å². The molecule has 0 saturated heterocycles. The van der Waals surface area contributed by atoms with Crippen molar-refractivity contribution < 1.29 is 4.74 Å². The molecule has 3 aromatic rings. The van der Waals surface area contributed by atoms with Gasteiger partial charge in [0.05, 0.1) is 7.11 Å². The van der Waals surface area contributed by atoms with Crippen LogP contribution in [-0.4, -0.2) is 30.1 Å². The van der Waals surface area contributed by atoms with Crippen molar-refractivity contribution in [3.63, 3.8) is 0 Å². The number of nitrogens with zero attached hydrogens (tertiary/aromatic N) is 2. The Hall–Kier alpha value is -3.05. The molecule has 138 valence electrons. The molecular formula is C22H24N4O. The first-order chi connectivity index (χ1) is 13.3. The van der Waals surface area contributed by atoms with E-state index in [1.54, 1.807) is 7.11 Å². The van der Waals surface area contributed by atoms with Crippen molar-refractivity contribution in [3.8, 4) is 5.75 Å². The van der Waals surface area contributed by atoms with Gasteiger partial charge in [-0.15, -0.1) is 0 Å². The molecular weight excluding hydrogens is 336 g/mol. The van der Waals surface area contributed by atoms with Gasteiger partial charge in [-0.1, -0.05) is 36.4 Å². The monoisotopic (exact) mass is 360 g/mol. The smallest absolute Gasteiger partial charge is 0.132 e. The van der Waals surface area contributed by atoms with E-state index in [2.05, 4.69) is 38.7 Å². The number of anilines is 3. The highest BCUT2D eigenvalue weighted by Gasteiger charge is 2.16. The van der Waals surface area contributed by atoms with Crippen molar-refractivity contribution in [2.45, 2.75) is 13.1 Å². The first-order valence-electron chi connectivity index (χ1n) is 9.21. The van der Waals surface area contributed by atoms with Crippen LogP contribution in [0.3, 0.4) is 0 Å². The highest BCUT2D eigenvalue weighted by Crippen LogP contribution is 2.26. The third kappa shape index (κ3) is 4.20. The largest absolute Gasteiger partial charge is 0.496 e. The summed E-state index contributed by atoms with van der Waals surface area (Å²) in [6.45, 7) is 3.58. The summed E-state index contributed by atoms with van der Waals surface area (Å²) in [6.07, 6.45) is 1.97. The number of nitrogens with one attached hydrogen (secondary N) is 2. The Morgan fingerprint density at radius 3 is 2.78 bits per heavy atom. The maximum absolute atomic E-state index is 5.50. The maximum Gasteiger partial charge on any atom is 0.132 e. The third-order valence-corrected chi connectivity index (χ3v) is 4.76. The van der Waals surface area contributed by atoms with Crippen molar-refractivity contribution in [1.29, 1.82) is 0 Å². The molecule has 1 aromatic heterocycles. The predicted molar refractivity (Wildman–Crippen MR) is 110 cm³/mol. The second kappa shape index (κ2) is 8.10. The number of hydrogen-bond donors (Lipinski definition) is 2. The first-order valence-corrected chi connectivity index (χ1v) is 9.21. The van der Waals surface area contributed by atoms with Crippen LogP contribution in [0.25, 0.3) is 0 Å². The van der Waals surface area contributed by atoms with Crippen LogP contribution in [-0.2, 0) is 13.1 Å². The average molecular weight is 360 g/mol. The average Bonchev–Trinajstić information content (AvgIpc) is 2.90. The molecule has 1 aliphatic heterocycles. The zero-order valence-electron chi connectivity index (χ0n) is 15.5. The lowest BCUT2D eigenvalue weighted by Gasteiger charge is -2.21. The fraction of sp³-hybridized carbons (Fsp3) is 0.227. The highest BCUT2D eigenvalue weighted by atomic mass is 16.5. The van der Waals surface area contributed by atoms with Gasteiger partial charge in [-0.3, -0.25) is 4.90 Å². The topological polar surface area (TPSA) is 49.4 Å². The van der Waals surface area contributed by atoms with Crippen LogP contribution < -0.4 is 15.4 Å². The molecule has 0 unspecified atom stereocenters. The van der Waals surface area contributed by atoms with Crippen LogP contribution in [0.4, 0.5) is 17.2 Å². The van der Waals surface area contributed by atoms with E-state index in [1.807, 2.05) is 48.7 Å². The van der Waals surface area contributed by atoms with E-state index < -0.39 is 0 Å². The van der Waals surface area contributed by atoms with Gasteiger partial charge >= 0.3 is 0 Å². The van der Waals surface area contributed by atoms with Crippen LogP contribution in [0, 0.1) is 0 Å². The molecule has 27 heavy (non-hydrogen) atoms. The summed E-state index contributed by atoms with van der Waals surface area (Å²) >= 11 is 0. The van der Waals surface area contributed by atoms with E-state index in [1.165, 1.54) is 11.1 Å². The zero-order valence-corrected chi connectivity index (χ0v) is 15.5. The van der Waals surface area contributed by atoms with Gasteiger partial charge in [0.2, 0.25) is 0 Å². The number of rotatable bonds is 5. The number of fused-ring (bicyclic) bond motifs is 1. The molecule has 2 aromatic carbocycles. The van der Waals surface area contributed by atoms with Crippen LogP contribution in [0.15, 0.2) is 66.9 Å². The third-order valence-electron chi connectivity index (χ3n) is 4.76. The Bertz CT molecular complexity index is 898. The minimum Gasteiger partial charge on any atom is -0.496 e. The van der Waals surface area contributed by atoms with Gasteiger partial charge in [0, 0.05) is 60.9 Å². The Morgan fingerprint density at radius 1 is 1.11 bits per heavy atom. The summed E-state index contributed by atoms with van der Waals surface area (Å²) in [7, 11) is 1.73. The summed E-state index contributed by atoms with van der Waals surface area (Å²) in [4.78, 5) is 7.02. The molecule has 0 spiro atoms. The fourth-order valence-electron chi connectivity index (χ4n) is 3.39. The van der Waals surface area contributed by atoms with Crippen molar-refractivity contribution >= 4 is 17.2 Å². The van der Waals surface area contributed by atoms with E-state index in [0.717, 1.165) is 49.1 Å². The molecule has 2 heterocycles. The quantitative estimate of drug-likeness (QED) is 0.712. The minimum atomic E-state index is 0.852. The van der Waals surface area contributed by atoms with Crippen molar-refractivity contribution in [2.75, 3.05) is 30.8 Å². The molecule has 0 amide bonds. The number of hydrogen-bond acceptors (Lipinski definition) is 5. The SMILES string of the molecule is COc1ccccc1CN1CCNc2cc(Nc3ccccc3)ncc2C1. The molecule has 0 fully saturated rings. The summed E-state index contributed by atoms with van der Waals surface area (Å²) < 4.78 is 5.50. The zero-order chi connectivity index (χ0) is 18.5. The first kappa shape index (κ1) is 17.4. The molecule has 0 saturated carbocycles. The number of benzene rings is 2. The molecule has 2 N–H and O–H groups in total. The normalized spacial score (nSPS) is 14.0. The van der Waals surface area contributed by atoms with Gasteiger partial charge < -0.3 is 15.4 Å². The fourth-order valence-corrected chi connectivity index (χ4v) is 3.39. The molecule has 5 heteroatoms. The molecule has 5 nitrogen and oxygen atoms in total. The summed E-state index contributed by atoms with van der Waals surface area (Å²) in [6, 6.07) is 20.4. The number of para-hydroxylation sites is 2. The van der Waals surface area contributed by atoms with E-state index in [-0.39, 0.29) is 0 Å². The van der Waals surface area contributed by atoms with Crippen molar-refractivity contribution in [3.05, 3.63) is 78.0 Å². The van der Waals surface area contributed by atoms with Gasteiger partial charge in [-0.25, -0.2) is 4.98 Å². The summed E-state index contributed by atoms with van der Waals surface area (Å²) in [5, 5.41) is 6.90. The van der Waals surface area contributed by atoms with E-state index in [9.17, 15) is 0 Å². The van der Waals surface area contributed by atoms with Crippen molar-refractivity contribution in [2.24, 2.45) is 0 Å². The summed E-state index contributed by atoms with van der Waals surface area (Å²) in [5.41, 5.74) is 4.60. The molecule has 0 aliphatic carbocycles. The standard InChI is InChI=1S/C22H24N4O/c1-27-21-10-6-5-7-17(21)15-26-12-11-23-20-13-22(24-14-18(20)16-26)25-19-8-3-2-4-9-19/h2-10,13-14,23H,11-12,15-16H2,1H3,(H,24,25). The van der Waals surface area contributed by atoms with Crippen LogP contribution >= 0.6 is 0 Å². The Kier molecular flexibility index (Phi) is 5.21. The Labute approximate surface area is 160 Å². The van der Waals surface area contributed by atoms with Gasteiger partial charge in [0.25, 0.3) is 0 Å². The van der Waals surface area contributed by atoms with E-state index in [0.29, 0.717) is 0 Å². The number of pyridine rings is 1. The Balaban J connectivity index is 1.49. The molecule has 0 radical (unpaired) electrons. The van der Waals surface area contributed by atoms with Gasteiger partial charge in [0.1, 0.15) is 11.6 Å². The minimum absolute atomic E-state index is 0.852. The maximum atomic E-state index is 5.50. The van der Waals surface area contributed by atoms with Crippen LogP contribution in [0.1, 0.15) is 11.1 Å². The molecule has 1 aliphatic rings. The highest BCUT2D eigenvalue weighted by molar-refractivity contribution is 5.63. The lowest BCUT2D eigenvalue weighted by atomic mass is 10.1. The van der Waals surface area contributed by atoms with Crippen LogP contribution in [0.2, 0.25) is 0 Å². The molecule has 4 rings (SSSR count). The lowest BCUT2D eigenvalue weighted by molar-refractivity contribution is 0.266. The lowest BCUT2D eigenvalue weighted by Crippen LogP contribution is -2.25. The molecule has 0 atom stereocenters. The summed E-state index contributed by atoms with van der Waals surface area (Å²) in [5.74, 6) is 1.79. The molecule has 0 bridgehead atoms.